The second-order valence-corrected chi connectivity index (χ2v) is 9.94. The largest absolute Gasteiger partial charge is 0.493 e. The molecular weight excluding hydrogens is 478 g/mol. The van der Waals surface area contributed by atoms with Crippen molar-refractivity contribution in [1.29, 1.82) is 0 Å². The lowest BCUT2D eigenvalue weighted by atomic mass is 9.95. The number of methoxy groups -OCH3 is 3. The van der Waals surface area contributed by atoms with Crippen LogP contribution in [0.1, 0.15) is 34.5 Å². The summed E-state index contributed by atoms with van der Waals surface area (Å²) in [6.07, 6.45) is 3.67. The van der Waals surface area contributed by atoms with Crippen molar-refractivity contribution in [2.75, 3.05) is 34.4 Å². The molecule has 3 aromatic carbocycles. The summed E-state index contributed by atoms with van der Waals surface area (Å²) in [7, 11) is 4.82. The molecule has 2 aliphatic heterocycles. The van der Waals surface area contributed by atoms with Crippen molar-refractivity contribution in [3.05, 3.63) is 95.2 Å². The smallest absolute Gasteiger partial charge is 0.325 e. The second kappa shape index (κ2) is 10.2. The molecule has 7 nitrogen and oxygen atoms in total. The fourth-order valence-corrected chi connectivity index (χ4v) is 6.38. The number of hydrogen-bond acceptors (Lipinski definition) is 6. The Kier molecular flexibility index (Phi) is 6.55. The minimum Gasteiger partial charge on any atom is -0.493 e. The molecule has 3 atom stereocenters. The predicted molar refractivity (Wildman–Crippen MR) is 146 cm³/mol. The average Bonchev–Trinajstić information content (AvgIpc) is 3.54. The highest BCUT2D eigenvalue weighted by Crippen LogP contribution is 2.50. The van der Waals surface area contributed by atoms with Gasteiger partial charge >= 0.3 is 5.97 Å². The molecule has 6 rings (SSSR count). The van der Waals surface area contributed by atoms with Crippen LogP contribution in [-0.4, -0.2) is 61.2 Å². The number of fused-ring (bicyclic) bond motifs is 4. The first-order valence-electron chi connectivity index (χ1n) is 13.1. The Morgan fingerprint density at radius 3 is 2.47 bits per heavy atom. The van der Waals surface area contributed by atoms with Crippen molar-refractivity contribution < 1.29 is 19.0 Å². The van der Waals surface area contributed by atoms with Gasteiger partial charge in [-0.25, -0.2) is 0 Å². The summed E-state index contributed by atoms with van der Waals surface area (Å²) in [5.41, 5.74) is 5.89. The van der Waals surface area contributed by atoms with Crippen LogP contribution < -0.4 is 9.47 Å². The van der Waals surface area contributed by atoms with E-state index >= 15 is 0 Å². The zero-order valence-corrected chi connectivity index (χ0v) is 22.0. The van der Waals surface area contributed by atoms with E-state index in [9.17, 15) is 4.79 Å². The zero-order chi connectivity index (χ0) is 26.2. The standard InChI is InChI=1S/C31H33N3O4/c1-36-26-17-21-13-15-34-29(31(35)38-3)28(20-9-5-4-6-10-20)33(30(34)24(21)18-27(26)37-2)16-14-22-19-32-25-12-8-7-11-23(22)25/h4-12,17-19,28-30,32H,13-16H2,1-3H3/t28-,29+,30-/m1/s1. The van der Waals surface area contributed by atoms with Gasteiger partial charge in [-0.05, 0) is 53.3 Å². The van der Waals surface area contributed by atoms with Crippen LogP contribution in [0.25, 0.3) is 10.9 Å². The van der Waals surface area contributed by atoms with Crippen molar-refractivity contribution in [2.24, 2.45) is 0 Å². The molecule has 1 aromatic heterocycles. The van der Waals surface area contributed by atoms with Gasteiger partial charge in [0.2, 0.25) is 0 Å². The van der Waals surface area contributed by atoms with Gasteiger partial charge in [-0.1, -0.05) is 48.5 Å². The van der Waals surface area contributed by atoms with Gasteiger partial charge in [-0.15, -0.1) is 0 Å². The molecule has 4 aromatic rings. The third-order valence-corrected chi connectivity index (χ3v) is 8.10. The number of carbonyl (C=O) groups is 1. The van der Waals surface area contributed by atoms with Gasteiger partial charge in [0.05, 0.1) is 33.5 Å². The first-order chi connectivity index (χ1) is 18.6. The molecule has 0 unspecified atom stereocenters. The Morgan fingerprint density at radius 1 is 0.974 bits per heavy atom. The van der Waals surface area contributed by atoms with Crippen LogP contribution in [0.15, 0.2) is 72.9 Å². The number of hydrogen-bond donors (Lipinski definition) is 1. The van der Waals surface area contributed by atoms with Gasteiger partial charge in [-0.3, -0.25) is 14.6 Å². The molecule has 1 N–H and O–H groups in total. The lowest BCUT2D eigenvalue weighted by Crippen LogP contribution is -2.43. The maximum absolute atomic E-state index is 13.4. The summed E-state index contributed by atoms with van der Waals surface area (Å²) in [6.45, 7) is 1.52. The summed E-state index contributed by atoms with van der Waals surface area (Å²) < 4.78 is 16.7. The number of esters is 1. The first kappa shape index (κ1) is 24.5. The number of aromatic amines is 1. The molecule has 196 valence electrons. The van der Waals surface area contributed by atoms with Crippen LogP contribution in [0, 0.1) is 0 Å². The van der Waals surface area contributed by atoms with Gasteiger partial charge in [0.1, 0.15) is 6.04 Å². The van der Waals surface area contributed by atoms with E-state index in [1.807, 2.05) is 24.3 Å². The molecule has 38 heavy (non-hydrogen) atoms. The van der Waals surface area contributed by atoms with E-state index in [0.717, 1.165) is 48.3 Å². The fraction of sp³-hybridized carbons (Fsp3) is 0.323. The van der Waals surface area contributed by atoms with Crippen LogP contribution in [0.4, 0.5) is 0 Å². The summed E-state index contributed by atoms with van der Waals surface area (Å²) in [6, 6.07) is 22.3. The van der Waals surface area contributed by atoms with Gasteiger partial charge in [-0.2, -0.15) is 0 Å². The second-order valence-electron chi connectivity index (χ2n) is 9.94. The third kappa shape index (κ3) is 4.03. The lowest BCUT2D eigenvalue weighted by Gasteiger charge is -2.37. The molecule has 1 saturated heterocycles. The van der Waals surface area contributed by atoms with Crippen molar-refractivity contribution in [2.45, 2.75) is 31.1 Å². The number of aromatic nitrogens is 1. The average molecular weight is 512 g/mol. The van der Waals surface area contributed by atoms with Crippen molar-refractivity contribution >= 4 is 16.9 Å². The predicted octanol–water partition coefficient (Wildman–Crippen LogP) is 4.88. The summed E-state index contributed by atoms with van der Waals surface area (Å²) in [4.78, 5) is 21.6. The van der Waals surface area contributed by atoms with Crippen LogP contribution >= 0.6 is 0 Å². The minimum absolute atomic E-state index is 0.0990. The number of carbonyl (C=O) groups excluding carboxylic acids is 1. The molecule has 1 fully saturated rings. The number of benzene rings is 3. The Balaban J connectivity index is 1.47. The quantitative estimate of drug-likeness (QED) is 0.357. The molecule has 0 bridgehead atoms. The van der Waals surface area contributed by atoms with Gasteiger partial charge in [0.25, 0.3) is 0 Å². The van der Waals surface area contributed by atoms with Gasteiger partial charge in [0.15, 0.2) is 11.5 Å². The van der Waals surface area contributed by atoms with Crippen LogP contribution in [0.5, 0.6) is 11.5 Å². The maximum atomic E-state index is 13.4. The van der Waals surface area contributed by atoms with Crippen molar-refractivity contribution in [3.8, 4) is 11.5 Å². The highest BCUT2D eigenvalue weighted by atomic mass is 16.5. The van der Waals surface area contributed by atoms with Gasteiger partial charge in [0, 0.05) is 30.2 Å². The van der Waals surface area contributed by atoms with Crippen LogP contribution in [-0.2, 0) is 22.4 Å². The fourth-order valence-electron chi connectivity index (χ4n) is 6.38. The van der Waals surface area contributed by atoms with E-state index < -0.39 is 6.04 Å². The van der Waals surface area contributed by atoms with Crippen LogP contribution in [0.2, 0.25) is 0 Å². The van der Waals surface area contributed by atoms with E-state index in [0.29, 0.717) is 5.75 Å². The first-order valence-corrected chi connectivity index (χ1v) is 13.1. The van der Waals surface area contributed by atoms with E-state index in [4.69, 9.17) is 14.2 Å². The summed E-state index contributed by atoms with van der Waals surface area (Å²) in [5, 5.41) is 1.24. The Labute approximate surface area is 222 Å². The molecule has 2 aliphatic rings. The number of para-hydroxylation sites is 1. The number of rotatable bonds is 7. The highest BCUT2D eigenvalue weighted by Gasteiger charge is 2.53. The molecular formula is C31H33N3O4. The van der Waals surface area contributed by atoms with E-state index in [1.54, 1.807) is 14.2 Å². The zero-order valence-electron chi connectivity index (χ0n) is 22.0. The SMILES string of the molecule is COC(=O)[C@@H]1[C@@H](c2ccccc2)N(CCc2c[nH]c3ccccc23)[C@H]2c3cc(OC)c(OC)cc3CCN21. The maximum Gasteiger partial charge on any atom is 0.325 e. The number of nitrogens with zero attached hydrogens (tertiary/aromatic N) is 2. The number of ether oxygens (including phenoxy) is 3. The third-order valence-electron chi connectivity index (χ3n) is 8.10. The van der Waals surface area contributed by atoms with Gasteiger partial charge < -0.3 is 19.2 Å². The Morgan fingerprint density at radius 2 is 1.71 bits per heavy atom. The lowest BCUT2D eigenvalue weighted by molar-refractivity contribution is -0.147. The topological polar surface area (TPSA) is 67.0 Å². The molecule has 0 radical (unpaired) electrons. The monoisotopic (exact) mass is 511 g/mol. The molecule has 0 aliphatic carbocycles. The molecule has 3 heterocycles. The summed E-state index contributed by atoms with van der Waals surface area (Å²) >= 11 is 0. The number of H-pyrrole nitrogens is 1. The van der Waals surface area contributed by atoms with Crippen molar-refractivity contribution in [3.63, 3.8) is 0 Å². The van der Waals surface area contributed by atoms with E-state index in [-0.39, 0.29) is 18.2 Å². The molecule has 0 spiro atoms. The molecule has 7 heteroatoms. The Bertz CT molecular complexity index is 1450. The Hall–Kier alpha value is -3.81. The normalized spacial score (nSPS) is 21.2. The summed E-state index contributed by atoms with van der Waals surface area (Å²) in [5.74, 6) is 1.22. The minimum atomic E-state index is -0.420. The van der Waals surface area contributed by atoms with E-state index in [1.165, 1.54) is 23.6 Å². The van der Waals surface area contributed by atoms with Crippen molar-refractivity contribution in [1.82, 2.24) is 14.8 Å². The number of nitrogens with one attached hydrogen (secondary N) is 1. The highest BCUT2D eigenvalue weighted by molar-refractivity contribution is 5.83. The van der Waals surface area contributed by atoms with E-state index in [2.05, 4.69) is 63.4 Å². The molecule has 0 saturated carbocycles. The molecule has 0 amide bonds. The van der Waals surface area contributed by atoms with Crippen LogP contribution in [0.3, 0.4) is 0 Å².